The lowest BCUT2D eigenvalue weighted by atomic mass is 9.86. The summed E-state index contributed by atoms with van der Waals surface area (Å²) in [5.41, 5.74) is 7.27. The molecule has 0 bridgehead atoms. The summed E-state index contributed by atoms with van der Waals surface area (Å²) < 4.78 is 34.2. The van der Waals surface area contributed by atoms with E-state index in [0.717, 1.165) is 34.4 Å². The first-order chi connectivity index (χ1) is 13.7. The molecular weight excluding hydrogens is 382 g/mol. The van der Waals surface area contributed by atoms with Crippen molar-refractivity contribution in [1.82, 2.24) is 0 Å². The number of anilines is 1. The summed E-state index contributed by atoms with van der Waals surface area (Å²) in [5.74, 6) is 1.67. The second-order valence-electron chi connectivity index (χ2n) is 8.45. The van der Waals surface area contributed by atoms with Crippen LogP contribution in [0.2, 0.25) is 0 Å². The van der Waals surface area contributed by atoms with E-state index < -0.39 is 10.0 Å². The Bertz CT molecular complexity index is 992. The topological polar surface area (TPSA) is 55.4 Å². The molecule has 0 aliphatic carbocycles. The minimum absolute atomic E-state index is 0.115. The number of sulfonamides is 1. The molecule has 158 valence electrons. The van der Waals surface area contributed by atoms with Crippen LogP contribution in [0.4, 0.5) is 5.69 Å². The van der Waals surface area contributed by atoms with Gasteiger partial charge in [0.2, 0.25) is 10.0 Å². The van der Waals surface area contributed by atoms with E-state index in [1.54, 1.807) is 0 Å². The van der Waals surface area contributed by atoms with Crippen molar-refractivity contribution in [2.24, 2.45) is 0 Å². The standard InChI is InChI=1S/C24H33NO3S/c1-7-8-13-29(26,27)25-23-16(4)17(5)24-22(18(23)6)21(14-28-24)20-11-9-19(10-12-20)15(2)3/h9-12,15,21,25H,7-8,13-14H2,1-6H3. The predicted octanol–water partition coefficient (Wildman–Crippen LogP) is 5.80. The van der Waals surface area contributed by atoms with E-state index in [4.69, 9.17) is 4.74 Å². The third-order valence-corrected chi connectivity index (χ3v) is 7.42. The maximum atomic E-state index is 12.6. The summed E-state index contributed by atoms with van der Waals surface area (Å²) in [5, 5.41) is 0. The van der Waals surface area contributed by atoms with Crippen molar-refractivity contribution in [1.29, 1.82) is 0 Å². The van der Waals surface area contributed by atoms with E-state index in [1.807, 2.05) is 27.7 Å². The number of benzene rings is 2. The van der Waals surface area contributed by atoms with Crippen LogP contribution in [0.3, 0.4) is 0 Å². The molecule has 0 radical (unpaired) electrons. The molecule has 0 saturated heterocycles. The third kappa shape index (κ3) is 4.30. The van der Waals surface area contributed by atoms with Crippen LogP contribution >= 0.6 is 0 Å². The second kappa shape index (κ2) is 8.39. The van der Waals surface area contributed by atoms with Gasteiger partial charge >= 0.3 is 0 Å². The quantitative estimate of drug-likeness (QED) is 0.621. The van der Waals surface area contributed by atoms with Gasteiger partial charge in [-0.2, -0.15) is 0 Å². The number of ether oxygens (including phenoxy) is 1. The second-order valence-corrected chi connectivity index (χ2v) is 10.3. The molecule has 1 aliphatic heterocycles. The first-order valence-corrected chi connectivity index (χ1v) is 12.2. The van der Waals surface area contributed by atoms with Gasteiger partial charge in [0.25, 0.3) is 0 Å². The number of rotatable bonds is 7. The first kappa shape index (κ1) is 21.7. The molecule has 3 rings (SSSR count). The Morgan fingerprint density at radius 1 is 1.07 bits per heavy atom. The highest BCUT2D eigenvalue weighted by Crippen LogP contribution is 2.47. The zero-order valence-corrected chi connectivity index (χ0v) is 19.2. The summed E-state index contributed by atoms with van der Waals surface area (Å²) in [4.78, 5) is 0. The van der Waals surface area contributed by atoms with Gasteiger partial charge in [-0.15, -0.1) is 0 Å². The Labute approximate surface area is 175 Å². The van der Waals surface area contributed by atoms with Crippen molar-refractivity contribution in [3.8, 4) is 5.75 Å². The Morgan fingerprint density at radius 2 is 1.72 bits per heavy atom. The fourth-order valence-corrected chi connectivity index (χ4v) is 5.46. The van der Waals surface area contributed by atoms with E-state index in [-0.39, 0.29) is 11.7 Å². The van der Waals surface area contributed by atoms with Gasteiger partial charge in [0.1, 0.15) is 5.75 Å². The summed E-state index contributed by atoms with van der Waals surface area (Å²) >= 11 is 0. The van der Waals surface area contributed by atoms with Crippen LogP contribution in [0.1, 0.15) is 78.8 Å². The summed E-state index contributed by atoms with van der Waals surface area (Å²) in [6.07, 6.45) is 1.51. The molecule has 0 fully saturated rings. The van der Waals surface area contributed by atoms with Crippen molar-refractivity contribution in [2.75, 3.05) is 17.1 Å². The molecule has 5 heteroatoms. The average Bonchev–Trinajstić information content (AvgIpc) is 3.13. The normalized spacial score (nSPS) is 16.0. The van der Waals surface area contributed by atoms with E-state index in [9.17, 15) is 8.42 Å². The number of hydrogen-bond acceptors (Lipinski definition) is 3. The predicted molar refractivity (Wildman–Crippen MR) is 121 cm³/mol. The molecule has 0 aromatic heterocycles. The maximum Gasteiger partial charge on any atom is 0.232 e. The largest absolute Gasteiger partial charge is 0.492 e. The highest BCUT2D eigenvalue weighted by atomic mass is 32.2. The Kier molecular flexibility index (Phi) is 6.27. The Balaban J connectivity index is 2.04. The van der Waals surface area contributed by atoms with Crippen LogP contribution in [0.25, 0.3) is 0 Å². The van der Waals surface area contributed by atoms with Crippen LogP contribution in [0, 0.1) is 20.8 Å². The molecule has 29 heavy (non-hydrogen) atoms. The summed E-state index contributed by atoms with van der Waals surface area (Å²) in [6, 6.07) is 8.72. The summed E-state index contributed by atoms with van der Waals surface area (Å²) in [7, 11) is -3.36. The van der Waals surface area contributed by atoms with Crippen LogP contribution in [0.5, 0.6) is 5.75 Å². The molecule has 1 N–H and O–H groups in total. The van der Waals surface area contributed by atoms with Crippen molar-refractivity contribution in [2.45, 2.75) is 66.2 Å². The highest BCUT2D eigenvalue weighted by molar-refractivity contribution is 7.92. The number of nitrogens with one attached hydrogen (secondary N) is 1. The lowest BCUT2D eigenvalue weighted by Crippen LogP contribution is -2.19. The van der Waals surface area contributed by atoms with Gasteiger partial charge in [0, 0.05) is 11.5 Å². The Hall–Kier alpha value is -2.01. The fourth-order valence-electron chi connectivity index (χ4n) is 4.07. The van der Waals surface area contributed by atoms with Crippen molar-refractivity contribution in [3.05, 3.63) is 57.6 Å². The SMILES string of the molecule is CCCCS(=O)(=O)Nc1c(C)c(C)c2c(c1C)C(c1ccc(C(C)C)cc1)CO2. The zero-order chi connectivity index (χ0) is 21.3. The molecule has 2 aromatic carbocycles. The van der Waals surface area contributed by atoms with Gasteiger partial charge in [0.15, 0.2) is 0 Å². The number of unbranched alkanes of at least 4 members (excludes halogenated alkanes) is 1. The monoisotopic (exact) mass is 415 g/mol. The molecule has 1 atom stereocenters. The van der Waals surface area contributed by atoms with E-state index in [0.29, 0.717) is 24.6 Å². The molecule has 0 spiro atoms. The van der Waals surface area contributed by atoms with Crippen molar-refractivity contribution >= 4 is 15.7 Å². The molecule has 2 aromatic rings. The van der Waals surface area contributed by atoms with Gasteiger partial charge in [0.05, 0.1) is 18.0 Å². The van der Waals surface area contributed by atoms with E-state index in [2.05, 4.69) is 42.8 Å². The van der Waals surface area contributed by atoms with Gasteiger partial charge in [-0.25, -0.2) is 8.42 Å². The van der Waals surface area contributed by atoms with Crippen LogP contribution in [-0.4, -0.2) is 20.8 Å². The van der Waals surface area contributed by atoms with E-state index in [1.165, 1.54) is 11.1 Å². The molecule has 4 nitrogen and oxygen atoms in total. The average molecular weight is 416 g/mol. The van der Waals surface area contributed by atoms with Gasteiger partial charge < -0.3 is 4.74 Å². The first-order valence-electron chi connectivity index (χ1n) is 10.5. The molecule has 0 amide bonds. The minimum atomic E-state index is -3.36. The lowest BCUT2D eigenvalue weighted by Gasteiger charge is -2.21. The number of hydrogen-bond donors (Lipinski definition) is 1. The number of fused-ring (bicyclic) bond motifs is 1. The molecular formula is C24H33NO3S. The van der Waals surface area contributed by atoms with Crippen molar-refractivity contribution < 1.29 is 13.2 Å². The zero-order valence-electron chi connectivity index (χ0n) is 18.4. The maximum absolute atomic E-state index is 12.6. The lowest BCUT2D eigenvalue weighted by molar-refractivity contribution is 0.341. The molecule has 1 heterocycles. The van der Waals surface area contributed by atoms with Crippen molar-refractivity contribution in [3.63, 3.8) is 0 Å². The molecule has 1 unspecified atom stereocenters. The molecule has 1 aliphatic rings. The minimum Gasteiger partial charge on any atom is -0.492 e. The van der Waals surface area contributed by atoms with Crippen LogP contribution in [0.15, 0.2) is 24.3 Å². The van der Waals surface area contributed by atoms with Crippen LogP contribution in [-0.2, 0) is 10.0 Å². The van der Waals surface area contributed by atoms with Gasteiger partial charge in [-0.1, -0.05) is 51.5 Å². The summed E-state index contributed by atoms with van der Waals surface area (Å²) in [6.45, 7) is 13.0. The molecule has 0 saturated carbocycles. The van der Waals surface area contributed by atoms with Crippen LogP contribution < -0.4 is 9.46 Å². The third-order valence-electron chi connectivity index (χ3n) is 6.07. The smallest absolute Gasteiger partial charge is 0.232 e. The van der Waals surface area contributed by atoms with Gasteiger partial charge in [-0.3, -0.25) is 4.72 Å². The van der Waals surface area contributed by atoms with E-state index >= 15 is 0 Å². The van der Waals surface area contributed by atoms with Gasteiger partial charge in [-0.05, 0) is 60.9 Å². The fraction of sp³-hybridized carbons (Fsp3) is 0.500. The Morgan fingerprint density at radius 3 is 2.31 bits per heavy atom. The highest BCUT2D eigenvalue weighted by Gasteiger charge is 2.32.